The van der Waals surface area contributed by atoms with Crippen LogP contribution in [0.25, 0.3) is 10.9 Å². The van der Waals surface area contributed by atoms with Crippen LogP contribution in [0, 0.1) is 0 Å². The van der Waals surface area contributed by atoms with Gasteiger partial charge in [-0.1, -0.05) is 0 Å². The van der Waals surface area contributed by atoms with Crippen molar-refractivity contribution in [3.05, 3.63) is 30.0 Å². The number of aryl methyl sites for hydroxylation is 1. The molecule has 1 N–H and O–H groups in total. The largest absolute Gasteiger partial charge is 0.497 e. The number of aliphatic hydroxyl groups excluding tert-OH is 1. The van der Waals surface area contributed by atoms with Crippen molar-refractivity contribution in [3.8, 4) is 5.75 Å². The Labute approximate surface area is 143 Å². The van der Waals surface area contributed by atoms with Crippen LogP contribution in [0.4, 0.5) is 0 Å². The summed E-state index contributed by atoms with van der Waals surface area (Å²) in [5, 5.41) is 11.2. The van der Waals surface area contributed by atoms with Gasteiger partial charge < -0.3 is 14.4 Å². The molecule has 2 fully saturated rings. The molecule has 24 heavy (non-hydrogen) atoms. The van der Waals surface area contributed by atoms with E-state index in [9.17, 15) is 5.11 Å². The predicted octanol–water partition coefficient (Wildman–Crippen LogP) is 1.83. The highest BCUT2D eigenvalue weighted by Crippen LogP contribution is 2.29. The monoisotopic (exact) mass is 329 g/mol. The smallest absolute Gasteiger partial charge is 0.120 e. The van der Waals surface area contributed by atoms with Gasteiger partial charge in [0, 0.05) is 63.0 Å². The van der Waals surface area contributed by atoms with Gasteiger partial charge >= 0.3 is 0 Å². The molecule has 0 unspecified atom stereocenters. The first-order chi connectivity index (χ1) is 11.5. The van der Waals surface area contributed by atoms with Gasteiger partial charge in [0.25, 0.3) is 0 Å². The van der Waals surface area contributed by atoms with Crippen molar-refractivity contribution in [1.82, 2.24) is 14.4 Å². The SMILES string of the molecule is COc1ccc2c(CN3C[C@H]4C[C@@H](O)CN4C[C@@H]3C)cn(C)c2c1. The van der Waals surface area contributed by atoms with Gasteiger partial charge in [-0.25, -0.2) is 0 Å². The van der Waals surface area contributed by atoms with Crippen LogP contribution in [0.5, 0.6) is 5.75 Å². The third kappa shape index (κ3) is 2.70. The Morgan fingerprint density at radius 3 is 2.88 bits per heavy atom. The lowest BCUT2D eigenvalue weighted by Crippen LogP contribution is -2.54. The maximum atomic E-state index is 9.94. The summed E-state index contributed by atoms with van der Waals surface area (Å²) in [6.45, 7) is 6.21. The van der Waals surface area contributed by atoms with Crippen LogP contribution < -0.4 is 4.74 Å². The summed E-state index contributed by atoms with van der Waals surface area (Å²) in [5.41, 5.74) is 2.58. The van der Waals surface area contributed by atoms with Crippen molar-refractivity contribution < 1.29 is 9.84 Å². The second-order valence-corrected chi connectivity index (χ2v) is 7.42. The number of aliphatic hydroxyl groups is 1. The van der Waals surface area contributed by atoms with Crippen LogP contribution in [0.2, 0.25) is 0 Å². The minimum absolute atomic E-state index is 0.146. The van der Waals surface area contributed by atoms with Gasteiger partial charge in [0.1, 0.15) is 5.75 Å². The van der Waals surface area contributed by atoms with E-state index in [1.807, 2.05) is 6.07 Å². The summed E-state index contributed by atoms with van der Waals surface area (Å²) < 4.78 is 7.55. The Kier molecular flexibility index (Phi) is 4.03. The second-order valence-electron chi connectivity index (χ2n) is 7.42. The quantitative estimate of drug-likeness (QED) is 0.933. The number of nitrogens with zero attached hydrogens (tertiary/aromatic N) is 3. The van der Waals surface area contributed by atoms with Crippen LogP contribution in [0.15, 0.2) is 24.4 Å². The zero-order chi connectivity index (χ0) is 16.8. The molecule has 1 aromatic heterocycles. The summed E-state index contributed by atoms with van der Waals surface area (Å²) in [5.74, 6) is 0.900. The van der Waals surface area contributed by atoms with Crippen LogP contribution in [-0.2, 0) is 13.6 Å². The van der Waals surface area contributed by atoms with Crippen LogP contribution in [-0.4, -0.2) is 64.4 Å². The van der Waals surface area contributed by atoms with Crippen LogP contribution in [0.1, 0.15) is 18.9 Å². The highest BCUT2D eigenvalue weighted by molar-refractivity contribution is 5.85. The minimum atomic E-state index is -0.146. The van der Waals surface area contributed by atoms with E-state index in [2.05, 4.69) is 46.7 Å². The Balaban J connectivity index is 1.58. The van der Waals surface area contributed by atoms with Crippen molar-refractivity contribution in [2.45, 2.75) is 38.1 Å². The molecule has 1 aromatic carbocycles. The van der Waals surface area contributed by atoms with Crippen molar-refractivity contribution in [2.75, 3.05) is 26.7 Å². The van der Waals surface area contributed by atoms with Gasteiger partial charge in [-0.15, -0.1) is 0 Å². The molecule has 3 heterocycles. The number of hydrogen-bond acceptors (Lipinski definition) is 4. The molecule has 0 amide bonds. The van der Waals surface area contributed by atoms with Gasteiger partial charge in [0.05, 0.1) is 18.7 Å². The average Bonchev–Trinajstić information content (AvgIpc) is 3.07. The maximum absolute atomic E-state index is 9.94. The molecule has 0 spiro atoms. The Morgan fingerprint density at radius 1 is 1.25 bits per heavy atom. The number of rotatable bonds is 3. The van der Waals surface area contributed by atoms with Gasteiger partial charge in [-0.05, 0) is 31.0 Å². The molecule has 0 bridgehead atoms. The van der Waals surface area contributed by atoms with Gasteiger partial charge in [0.2, 0.25) is 0 Å². The summed E-state index contributed by atoms with van der Waals surface area (Å²) in [6.07, 6.45) is 3.01. The Hall–Kier alpha value is -1.56. The highest BCUT2D eigenvalue weighted by atomic mass is 16.5. The molecule has 4 rings (SSSR count). The summed E-state index contributed by atoms with van der Waals surface area (Å²) in [6, 6.07) is 7.34. The normalized spacial score (nSPS) is 28.4. The lowest BCUT2D eigenvalue weighted by atomic mass is 10.1. The molecule has 3 atom stereocenters. The van der Waals surface area contributed by atoms with E-state index in [1.165, 1.54) is 16.5 Å². The van der Waals surface area contributed by atoms with E-state index in [-0.39, 0.29) is 6.10 Å². The summed E-state index contributed by atoms with van der Waals surface area (Å²) in [4.78, 5) is 5.03. The first-order valence-corrected chi connectivity index (χ1v) is 8.83. The topological polar surface area (TPSA) is 40.9 Å². The van der Waals surface area contributed by atoms with E-state index >= 15 is 0 Å². The fourth-order valence-electron chi connectivity index (χ4n) is 4.42. The molecule has 0 saturated carbocycles. The lowest BCUT2D eigenvalue weighted by molar-refractivity contribution is 0.0531. The first kappa shape index (κ1) is 15.9. The number of benzene rings is 1. The molecule has 130 valence electrons. The van der Waals surface area contributed by atoms with Gasteiger partial charge in [-0.3, -0.25) is 9.80 Å². The molecule has 0 aliphatic carbocycles. The number of hydrogen-bond donors (Lipinski definition) is 1. The maximum Gasteiger partial charge on any atom is 0.120 e. The van der Waals surface area contributed by atoms with Crippen LogP contribution >= 0.6 is 0 Å². The van der Waals surface area contributed by atoms with Gasteiger partial charge in [-0.2, -0.15) is 0 Å². The fourth-order valence-corrected chi connectivity index (χ4v) is 4.42. The zero-order valence-corrected chi connectivity index (χ0v) is 14.8. The number of aromatic nitrogens is 1. The highest BCUT2D eigenvalue weighted by Gasteiger charge is 2.38. The van der Waals surface area contributed by atoms with Crippen molar-refractivity contribution >= 4 is 10.9 Å². The molecule has 0 radical (unpaired) electrons. The molecular formula is C19H27N3O2. The standard InChI is InChI=1S/C19H27N3O2/c1-13-8-22-12-16(23)6-15(22)11-21(13)10-14-9-20(2)19-7-17(24-3)4-5-18(14)19/h4-5,7,9,13,15-16,23H,6,8,10-12H2,1-3H3/t13-,15+,16+/m0/s1. The second kappa shape index (κ2) is 6.06. The molecule has 5 heteroatoms. The molecule has 2 aliphatic rings. The molecule has 5 nitrogen and oxygen atoms in total. The van der Waals surface area contributed by atoms with E-state index in [0.717, 1.165) is 38.3 Å². The third-order valence-electron chi connectivity index (χ3n) is 5.73. The third-order valence-corrected chi connectivity index (χ3v) is 5.73. The van der Waals surface area contributed by atoms with E-state index < -0.39 is 0 Å². The van der Waals surface area contributed by atoms with E-state index in [4.69, 9.17) is 4.74 Å². The van der Waals surface area contributed by atoms with Crippen LogP contribution in [0.3, 0.4) is 0 Å². The number of ether oxygens (including phenoxy) is 1. The molecule has 2 aromatic rings. The van der Waals surface area contributed by atoms with Crippen molar-refractivity contribution in [3.63, 3.8) is 0 Å². The number of fused-ring (bicyclic) bond motifs is 2. The first-order valence-electron chi connectivity index (χ1n) is 8.83. The summed E-state index contributed by atoms with van der Waals surface area (Å²) in [7, 11) is 3.81. The molecule has 2 aliphatic heterocycles. The number of piperazine rings is 1. The fraction of sp³-hybridized carbons (Fsp3) is 0.579. The Morgan fingerprint density at radius 2 is 2.08 bits per heavy atom. The molecular weight excluding hydrogens is 302 g/mol. The summed E-state index contributed by atoms with van der Waals surface area (Å²) >= 11 is 0. The Bertz CT molecular complexity index is 742. The minimum Gasteiger partial charge on any atom is -0.497 e. The number of methoxy groups -OCH3 is 1. The van der Waals surface area contributed by atoms with Crippen molar-refractivity contribution in [2.24, 2.45) is 7.05 Å². The predicted molar refractivity (Wildman–Crippen MR) is 95.3 cm³/mol. The average molecular weight is 329 g/mol. The van der Waals surface area contributed by atoms with Gasteiger partial charge in [0.15, 0.2) is 0 Å². The lowest BCUT2D eigenvalue weighted by Gasteiger charge is -2.42. The van der Waals surface area contributed by atoms with E-state index in [0.29, 0.717) is 12.1 Å². The zero-order valence-electron chi connectivity index (χ0n) is 14.8. The van der Waals surface area contributed by atoms with E-state index in [1.54, 1.807) is 7.11 Å². The molecule has 2 saturated heterocycles. The van der Waals surface area contributed by atoms with Crippen molar-refractivity contribution in [1.29, 1.82) is 0 Å².